The van der Waals surface area contributed by atoms with Crippen LogP contribution in [0, 0.1) is 11.6 Å². The predicted molar refractivity (Wildman–Crippen MR) is 103 cm³/mol. The Morgan fingerprint density at radius 2 is 1.61 bits per heavy atom. The van der Waals surface area contributed by atoms with E-state index in [1.807, 2.05) is 30.3 Å². The van der Waals surface area contributed by atoms with Crippen LogP contribution in [0.2, 0.25) is 0 Å². The lowest BCUT2D eigenvalue weighted by atomic mass is 10.1. The third-order valence-electron chi connectivity index (χ3n) is 4.18. The van der Waals surface area contributed by atoms with Gasteiger partial charge in [-0.2, -0.15) is 5.10 Å². The van der Waals surface area contributed by atoms with Crippen molar-refractivity contribution in [1.29, 1.82) is 0 Å². The van der Waals surface area contributed by atoms with Crippen LogP contribution in [-0.2, 0) is 0 Å². The van der Waals surface area contributed by atoms with E-state index in [1.165, 1.54) is 30.3 Å². The topological polar surface area (TPSA) is 46.9 Å². The van der Waals surface area contributed by atoms with E-state index >= 15 is 0 Å². The first kappa shape index (κ1) is 17.6. The van der Waals surface area contributed by atoms with Crippen LogP contribution in [0.25, 0.3) is 16.9 Å². The van der Waals surface area contributed by atoms with Gasteiger partial charge in [0.25, 0.3) is 5.91 Å². The van der Waals surface area contributed by atoms with Gasteiger partial charge in [-0.15, -0.1) is 0 Å². The van der Waals surface area contributed by atoms with E-state index in [2.05, 4.69) is 10.4 Å². The van der Waals surface area contributed by atoms with Crippen molar-refractivity contribution in [2.75, 3.05) is 5.32 Å². The molecule has 28 heavy (non-hydrogen) atoms. The van der Waals surface area contributed by atoms with Crippen molar-refractivity contribution in [3.05, 3.63) is 102 Å². The Hall–Kier alpha value is -3.80. The van der Waals surface area contributed by atoms with Crippen LogP contribution < -0.4 is 5.32 Å². The maximum atomic E-state index is 13.4. The molecule has 0 aliphatic carbocycles. The number of anilines is 1. The van der Waals surface area contributed by atoms with Gasteiger partial charge >= 0.3 is 0 Å². The van der Waals surface area contributed by atoms with E-state index in [1.54, 1.807) is 29.1 Å². The van der Waals surface area contributed by atoms with Gasteiger partial charge in [-0.3, -0.25) is 4.79 Å². The van der Waals surface area contributed by atoms with Crippen LogP contribution in [0.4, 0.5) is 14.5 Å². The maximum Gasteiger partial charge on any atom is 0.259 e. The molecule has 0 bridgehead atoms. The summed E-state index contributed by atoms with van der Waals surface area (Å²) in [6.07, 6.45) is 1.60. The fraction of sp³-hybridized carbons (Fsp3) is 0. The van der Waals surface area contributed by atoms with E-state index in [9.17, 15) is 13.6 Å². The highest BCUT2D eigenvalue weighted by Gasteiger charge is 2.19. The minimum Gasteiger partial charge on any atom is -0.322 e. The van der Waals surface area contributed by atoms with Crippen molar-refractivity contribution in [2.24, 2.45) is 0 Å². The molecule has 0 atom stereocenters. The molecule has 1 N–H and O–H groups in total. The first-order valence-electron chi connectivity index (χ1n) is 8.58. The second kappa shape index (κ2) is 7.44. The molecule has 3 aromatic carbocycles. The van der Waals surface area contributed by atoms with Crippen molar-refractivity contribution in [2.45, 2.75) is 0 Å². The third kappa shape index (κ3) is 3.66. The lowest BCUT2D eigenvalue weighted by molar-refractivity contribution is 0.102. The molecular formula is C22H15F2N3O. The number of rotatable bonds is 4. The number of hydrogen-bond donors (Lipinski definition) is 1. The van der Waals surface area contributed by atoms with Gasteiger partial charge in [0.15, 0.2) is 0 Å². The number of aromatic nitrogens is 2. The summed E-state index contributed by atoms with van der Waals surface area (Å²) in [7, 11) is 0. The highest BCUT2D eigenvalue weighted by Crippen LogP contribution is 2.25. The summed E-state index contributed by atoms with van der Waals surface area (Å²) >= 11 is 0. The summed E-state index contributed by atoms with van der Waals surface area (Å²) in [6, 6.07) is 20.7. The van der Waals surface area contributed by atoms with Crippen LogP contribution in [-0.4, -0.2) is 15.7 Å². The van der Waals surface area contributed by atoms with Crippen LogP contribution >= 0.6 is 0 Å². The lowest BCUT2D eigenvalue weighted by Crippen LogP contribution is -2.12. The Labute approximate surface area is 160 Å². The largest absolute Gasteiger partial charge is 0.322 e. The molecule has 0 spiro atoms. The zero-order valence-electron chi connectivity index (χ0n) is 14.6. The van der Waals surface area contributed by atoms with Gasteiger partial charge in [0.1, 0.15) is 17.3 Å². The minimum absolute atomic E-state index is 0.291. The molecule has 138 valence electrons. The normalized spacial score (nSPS) is 10.6. The zero-order valence-corrected chi connectivity index (χ0v) is 14.6. The van der Waals surface area contributed by atoms with Crippen LogP contribution in [0.5, 0.6) is 0 Å². The monoisotopic (exact) mass is 375 g/mol. The van der Waals surface area contributed by atoms with Gasteiger partial charge < -0.3 is 5.32 Å². The number of nitrogens with zero attached hydrogens (tertiary/aromatic N) is 2. The highest BCUT2D eigenvalue weighted by atomic mass is 19.1. The van der Waals surface area contributed by atoms with Crippen molar-refractivity contribution >= 4 is 11.6 Å². The van der Waals surface area contributed by atoms with Gasteiger partial charge in [-0.25, -0.2) is 13.5 Å². The quantitative estimate of drug-likeness (QED) is 0.541. The fourth-order valence-corrected chi connectivity index (χ4v) is 2.84. The molecule has 0 unspecified atom stereocenters. The first-order valence-corrected chi connectivity index (χ1v) is 8.58. The average molecular weight is 375 g/mol. The Morgan fingerprint density at radius 1 is 0.857 bits per heavy atom. The molecule has 0 aliphatic heterocycles. The van der Waals surface area contributed by atoms with E-state index in [0.29, 0.717) is 22.5 Å². The number of nitrogens with one attached hydrogen (secondary N) is 1. The number of carbonyl (C=O) groups is 1. The highest BCUT2D eigenvalue weighted by molar-refractivity contribution is 6.08. The van der Waals surface area contributed by atoms with Gasteiger partial charge in [0.2, 0.25) is 0 Å². The smallest absolute Gasteiger partial charge is 0.259 e. The second-order valence-corrected chi connectivity index (χ2v) is 6.14. The van der Waals surface area contributed by atoms with Gasteiger partial charge in [0.05, 0.1) is 11.3 Å². The van der Waals surface area contributed by atoms with Crippen molar-refractivity contribution in [3.63, 3.8) is 0 Å². The molecule has 0 radical (unpaired) electrons. The Morgan fingerprint density at radius 3 is 2.32 bits per heavy atom. The van der Waals surface area contributed by atoms with Crippen LogP contribution in [0.15, 0.2) is 85.1 Å². The van der Waals surface area contributed by atoms with E-state index in [4.69, 9.17) is 0 Å². The molecule has 4 rings (SSSR count). The van der Waals surface area contributed by atoms with Crippen molar-refractivity contribution in [1.82, 2.24) is 9.78 Å². The summed E-state index contributed by atoms with van der Waals surface area (Å²) in [5.74, 6) is -1.26. The zero-order chi connectivity index (χ0) is 19.5. The molecule has 0 fully saturated rings. The van der Waals surface area contributed by atoms with Gasteiger partial charge in [0, 0.05) is 17.4 Å². The standard InChI is InChI=1S/C22H15F2N3O/c23-16-11-9-15(10-12-16)21-20(14-27(26-21)19-7-2-1-3-8-19)22(28)25-18-6-4-5-17(24)13-18/h1-14H,(H,25,28). The molecule has 0 saturated heterocycles. The molecule has 0 aliphatic rings. The molecule has 4 aromatic rings. The molecular weight excluding hydrogens is 360 g/mol. The number of halogens is 2. The number of para-hydroxylation sites is 1. The lowest BCUT2D eigenvalue weighted by Gasteiger charge is -2.05. The van der Waals surface area contributed by atoms with Gasteiger partial charge in [-0.1, -0.05) is 24.3 Å². The summed E-state index contributed by atoms with van der Waals surface area (Å²) in [5, 5.41) is 7.20. The Bertz CT molecular complexity index is 1120. The predicted octanol–water partition coefficient (Wildman–Crippen LogP) is 5.07. The van der Waals surface area contributed by atoms with Gasteiger partial charge in [-0.05, 0) is 54.6 Å². The SMILES string of the molecule is O=C(Nc1cccc(F)c1)c1cn(-c2ccccc2)nc1-c1ccc(F)cc1. The molecule has 1 amide bonds. The van der Waals surface area contributed by atoms with Crippen LogP contribution in [0.1, 0.15) is 10.4 Å². The number of amides is 1. The summed E-state index contributed by atoms with van der Waals surface area (Å²) in [5.41, 5.74) is 2.40. The van der Waals surface area contributed by atoms with Crippen LogP contribution in [0.3, 0.4) is 0 Å². The van der Waals surface area contributed by atoms with Crippen molar-refractivity contribution < 1.29 is 13.6 Å². The number of carbonyl (C=O) groups excluding carboxylic acids is 1. The minimum atomic E-state index is -0.448. The average Bonchev–Trinajstić information content (AvgIpc) is 3.15. The van der Waals surface area contributed by atoms with Crippen molar-refractivity contribution in [3.8, 4) is 16.9 Å². The molecule has 0 saturated carbocycles. The van der Waals surface area contributed by atoms with E-state index in [-0.39, 0.29) is 5.82 Å². The number of benzene rings is 3. The first-order chi connectivity index (χ1) is 13.6. The Kier molecular flexibility index (Phi) is 4.68. The molecule has 1 aromatic heterocycles. The molecule has 6 heteroatoms. The van der Waals surface area contributed by atoms with E-state index < -0.39 is 11.7 Å². The molecule has 4 nitrogen and oxygen atoms in total. The second-order valence-electron chi connectivity index (χ2n) is 6.14. The summed E-state index contributed by atoms with van der Waals surface area (Å²) < 4.78 is 28.3. The number of hydrogen-bond acceptors (Lipinski definition) is 2. The summed E-state index contributed by atoms with van der Waals surface area (Å²) in [4.78, 5) is 12.9. The summed E-state index contributed by atoms with van der Waals surface area (Å²) in [6.45, 7) is 0. The van der Waals surface area contributed by atoms with E-state index in [0.717, 1.165) is 5.69 Å². The Balaban J connectivity index is 1.76. The fourth-order valence-electron chi connectivity index (χ4n) is 2.84. The maximum absolute atomic E-state index is 13.4. The molecule has 1 heterocycles. The third-order valence-corrected chi connectivity index (χ3v) is 4.18.